The standard InChI is InChI=1S/C16HBF16/c18-4-1-2(5(19)9(23)8(4)22)14(28,29)16(32,33)15(30,31)13(1,27)17-3-6(20)10(24)12(26)11(25)7(3)21/h17H. The van der Waals surface area contributed by atoms with Gasteiger partial charge in [-0.3, -0.25) is 0 Å². The Hall–Kier alpha value is -2.62. The van der Waals surface area contributed by atoms with Gasteiger partial charge in [-0.1, -0.05) is 0 Å². The second kappa shape index (κ2) is 6.95. The molecule has 0 saturated heterocycles. The Morgan fingerprint density at radius 3 is 1.15 bits per heavy atom. The molecule has 33 heavy (non-hydrogen) atoms. The van der Waals surface area contributed by atoms with E-state index in [2.05, 4.69) is 0 Å². The van der Waals surface area contributed by atoms with Crippen molar-refractivity contribution in [2.75, 3.05) is 0 Å². The highest BCUT2D eigenvalue weighted by molar-refractivity contribution is 6.57. The normalized spacial score (nSPS) is 22.8. The number of hydrogen-bond acceptors (Lipinski definition) is 0. The van der Waals surface area contributed by atoms with Crippen LogP contribution in [0.3, 0.4) is 0 Å². The van der Waals surface area contributed by atoms with E-state index in [1.165, 1.54) is 0 Å². The molecule has 0 nitrogen and oxygen atoms in total. The first-order valence-electron chi connectivity index (χ1n) is 7.98. The highest BCUT2D eigenvalue weighted by Gasteiger charge is 2.85. The molecule has 180 valence electrons. The maximum Gasteiger partial charge on any atom is 0.379 e. The fraction of sp³-hybridized carbons (Fsp3) is 0.250. The van der Waals surface area contributed by atoms with Crippen molar-refractivity contribution in [1.82, 2.24) is 0 Å². The van der Waals surface area contributed by atoms with E-state index in [-0.39, 0.29) is 0 Å². The largest absolute Gasteiger partial charge is 0.379 e. The minimum atomic E-state index is -7.12. The van der Waals surface area contributed by atoms with Crippen LogP contribution >= 0.6 is 0 Å². The van der Waals surface area contributed by atoms with Crippen molar-refractivity contribution in [1.29, 1.82) is 0 Å². The molecule has 0 N–H and O–H groups in total. The van der Waals surface area contributed by atoms with Crippen molar-refractivity contribution in [2.24, 2.45) is 0 Å². The van der Waals surface area contributed by atoms with Crippen LogP contribution in [0.1, 0.15) is 11.1 Å². The van der Waals surface area contributed by atoms with Crippen LogP contribution < -0.4 is 5.46 Å². The molecule has 0 spiro atoms. The number of rotatable bonds is 2. The summed E-state index contributed by atoms with van der Waals surface area (Å²) < 4.78 is 223. The molecule has 0 heterocycles. The molecule has 1 aliphatic carbocycles. The topological polar surface area (TPSA) is 0 Å². The first-order chi connectivity index (χ1) is 14.8. The zero-order valence-electron chi connectivity index (χ0n) is 14.8. The van der Waals surface area contributed by atoms with Gasteiger partial charge in [0.25, 0.3) is 0 Å². The van der Waals surface area contributed by atoms with Crippen molar-refractivity contribution >= 4 is 12.7 Å². The fourth-order valence-electron chi connectivity index (χ4n) is 3.31. The van der Waals surface area contributed by atoms with Gasteiger partial charge in [-0.25, -0.2) is 43.9 Å². The van der Waals surface area contributed by atoms with E-state index < -0.39 is 99.6 Å². The maximum absolute atomic E-state index is 15.4. The molecular formula is C16HBF16. The fourth-order valence-corrected chi connectivity index (χ4v) is 3.31. The number of halogens is 16. The van der Waals surface area contributed by atoms with E-state index in [1.807, 2.05) is 0 Å². The average Bonchev–Trinajstić information content (AvgIpc) is 2.73. The molecule has 0 radical (unpaired) electrons. The lowest BCUT2D eigenvalue weighted by atomic mass is 9.48. The molecule has 0 saturated carbocycles. The van der Waals surface area contributed by atoms with Crippen LogP contribution in [0.15, 0.2) is 0 Å². The molecule has 2 aromatic carbocycles. The van der Waals surface area contributed by atoms with Gasteiger partial charge in [0.05, 0.1) is 5.56 Å². The van der Waals surface area contributed by atoms with E-state index >= 15 is 4.39 Å². The van der Waals surface area contributed by atoms with E-state index in [1.54, 1.807) is 0 Å². The summed E-state index contributed by atoms with van der Waals surface area (Å²) in [4.78, 5) is 0. The van der Waals surface area contributed by atoms with E-state index in [4.69, 9.17) is 0 Å². The van der Waals surface area contributed by atoms with Gasteiger partial charge in [0.2, 0.25) is 7.28 Å². The lowest BCUT2D eigenvalue weighted by Crippen LogP contribution is -2.69. The minimum absolute atomic E-state index is 2.69. The monoisotopic (exact) mass is 508 g/mol. The molecule has 1 aliphatic rings. The summed E-state index contributed by atoms with van der Waals surface area (Å²) in [6.07, 6.45) is 0. The summed E-state index contributed by atoms with van der Waals surface area (Å²) in [5.74, 6) is -49.4. The van der Waals surface area contributed by atoms with Crippen LogP contribution in [0.2, 0.25) is 0 Å². The molecule has 0 bridgehead atoms. The zero-order chi connectivity index (χ0) is 25.6. The molecule has 0 aromatic heterocycles. The Kier molecular flexibility index (Phi) is 5.27. The van der Waals surface area contributed by atoms with Crippen LogP contribution in [0.5, 0.6) is 0 Å². The number of alkyl halides is 7. The number of hydrogen-bond donors (Lipinski definition) is 0. The highest BCUT2D eigenvalue weighted by atomic mass is 19.3. The lowest BCUT2D eigenvalue weighted by Gasteiger charge is -2.46. The van der Waals surface area contributed by atoms with E-state index in [0.29, 0.717) is 0 Å². The number of benzene rings is 2. The Balaban J connectivity index is 2.52. The summed E-state index contributed by atoms with van der Waals surface area (Å²) in [6.45, 7) is 0. The molecule has 17 heteroatoms. The average molecular weight is 508 g/mol. The Morgan fingerprint density at radius 2 is 0.727 bits per heavy atom. The van der Waals surface area contributed by atoms with Crippen molar-refractivity contribution in [3.05, 3.63) is 63.5 Å². The van der Waals surface area contributed by atoms with Gasteiger partial charge in [0, 0.05) is 5.56 Å². The SMILES string of the molecule is Fc1c(F)c(F)c(BC2(F)c3c(F)c(F)c(F)c(F)c3C(F)(F)C(F)(F)C2(F)F)c(F)c1F. The minimum Gasteiger partial charge on any atom is -0.241 e. The summed E-state index contributed by atoms with van der Waals surface area (Å²) >= 11 is 0. The third kappa shape index (κ3) is 2.76. The second-order valence-electron chi connectivity index (χ2n) is 6.76. The van der Waals surface area contributed by atoms with Gasteiger partial charge in [-0.15, -0.1) is 0 Å². The molecule has 1 unspecified atom stereocenters. The molecule has 3 rings (SSSR count). The maximum atomic E-state index is 15.4. The Labute approximate surface area is 171 Å². The highest BCUT2D eigenvalue weighted by Crippen LogP contribution is 2.64. The zero-order valence-corrected chi connectivity index (χ0v) is 14.8. The van der Waals surface area contributed by atoms with Gasteiger partial charge in [0.15, 0.2) is 57.9 Å². The first-order valence-corrected chi connectivity index (χ1v) is 7.98. The van der Waals surface area contributed by atoms with Gasteiger partial charge in [-0.05, 0) is 5.46 Å². The van der Waals surface area contributed by atoms with Crippen LogP contribution in [-0.2, 0) is 11.5 Å². The first kappa shape index (κ1) is 25.0. The van der Waals surface area contributed by atoms with Gasteiger partial charge < -0.3 is 0 Å². The van der Waals surface area contributed by atoms with Gasteiger partial charge in [0.1, 0.15) is 0 Å². The summed E-state index contributed by atoms with van der Waals surface area (Å²) in [6, 6.07) is 0. The lowest BCUT2D eigenvalue weighted by molar-refractivity contribution is -0.351. The second-order valence-corrected chi connectivity index (χ2v) is 6.76. The summed E-state index contributed by atoms with van der Waals surface area (Å²) in [5, 5.41) is 0. The molecule has 1 atom stereocenters. The number of fused-ring (bicyclic) bond motifs is 1. The molecular weight excluding hydrogens is 507 g/mol. The van der Waals surface area contributed by atoms with E-state index in [0.717, 1.165) is 0 Å². The third-order valence-electron chi connectivity index (χ3n) is 4.98. The van der Waals surface area contributed by atoms with Crippen LogP contribution in [-0.4, -0.2) is 19.1 Å². The molecule has 0 aliphatic heterocycles. The summed E-state index contributed by atoms with van der Waals surface area (Å²) in [5.41, 5.74) is -15.5. The molecule has 0 fully saturated rings. The smallest absolute Gasteiger partial charge is 0.241 e. The van der Waals surface area contributed by atoms with Gasteiger partial charge >= 0.3 is 17.8 Å². The van der Waals surface area contributed by atoms with E-state index in [9.17, 15) is 65.9 Å². The van der Waals surface area contributed by atoms with Gasteiger partial charge in [-0.2, -0.15) is 26.3 Å². The Bertz CT molecular complexity index is 1160. The quantitative estimate of drug-likeness (QED) is 0.227. The predicted molar refractivity (Wildman–Crippen MR) is 75.9 cm³/mol. The van der Waals surface area contributed by atoms with Crippen molar-refractivity contribution in [3.8, 4) is 0 Å². The van der Waals surface area contributed by atoms with Crippen LogP contribution in [0.4, 0.5) is 70.2 Å². The van der Waals surface area contributed by atoms with Crippen molar-refractivity contribution in [2.45, 2.75) is 23.3 Å². The Morgan fingerprint density at radius 1 is 0.394 bits per heavy atom. The van der Waals surface area contributed by atoms with Crippen molar-refractivity contribution < 1.29 is 70.2 Å². The van der Waals surface area contributed by atoms with Crippen molar-refractivity contribution in [3.63, 3.8) is 0 Å². The third-order valence-corrected chi connectivity index (χ3v) is 4.98. The van der Waals surface area contributed by atoms with Crippen LogP contribution in [0, 0.1) is 52.4 Å². The molecule has 2 aromatic rings. The predicted octanol–water partition coefficient (Wildman–Crippen LogP) is 5.20. The summed E-state index contributed by atoms with van der Waals surface area (Å²) in [7, 11) is -3.23. The molecule has 0 amide bonds. The van der Waals surface area contributed by atoms with Crippen LogP contribution in [0.25, 0.3) is 0 Å².